The molecule has 2 unspecified atom stereocenters. The Bertz CT molecular complexity index is 300. The molecule has 0 aromatic carbocycles. The molecule has 0 aromatic heterocycles. The van der Waals surface area contributed by atoms with Gasteiger partial charge in [-0.15, -0.1) is 0 Å². The van der Waals surface area contributed by atoms with Gasteiger partial charge in [-0.2, -0.15) is 0 Å². The van der Waals surface area contributed by atoms with Crippen LogP contribution in [0.15, 0.2) is 0 Å². The van der Waals surface area contributed by atoms with Crippen LogP contribution >= 0.6 is 0 Å². The second-order valence-electron chi connectivity index (χ2n) is 4.90. The highest BCUT2D eigenvalue weighted by Gasteiger charge is 2.37. The molecule has 0 heterocycles. The number of nitrogens with one attached hydrogen (secondary N) is 2. The van der Waals surface area contributed by atoms with Gasteiger partial charge in [0.1, 0.15) is 5.54 Å². The van der Waals surface area contributed by atoms with E-state index in [0.717, 1.165) is 6.42 Å². The zero-order valence-electron chi connectivity index (χ0n) is 10.7. The Hall–Kier alpha value is -1.26. The molecule has 17 heavy (non-hydrogen) atoms. The highest BCUT2D eigenvalue weighted by Crippen LogP contribution is 2.36. The lowest BCUT2D eigenvalue weighted by Crippen LogP contribution is -2.56. The highest BCUT2D eigenvalue weighted by molar-refractivity contribution is 5.86. The van der Waals surface area contributed by atoms with Gasteiger partial charge in [-0.1, -0.05) is 20.8 Å². The van der Waals surface area contributed by atoms with Crippen molar-refractivity contribution in [2.24, 2.45) is 11.8 Å². The van der Waals surface area contributed by atoms with Crippen molar-refractivity contribution in [3.63, 3.8) is 0 Å². The van der Waals surface area contributed by atoms with E-state index < -0.39 is 11.5 Å². The van der Waals surface area contributed by atoms with Gasteiger partial charge in [-0.05, 0) is 31.1 Å². The number of carbonyl (C=O) groups excluding carboxylic acids is 1. The van der Waals surface area contributed by atoms with Gasteiger partial charge < -0.3 is 15.7 Å². The van der Waals surface area contributed by atoms with Gasteiger partial charge in [0.05, 0.1) is 0 Å². The van der Waals surface area contributed by atoms with Crippen LogP contribution in [0.2, 0.25) is 0 Å². The Balaban J connectivity index is 2.43. The van der Waals surface area contributed by atoms with Gasteiger partial charge >= 0.3 is 12.0 Å². The lowest BCUT2D eigenvalue weighted by Gasteiger charge is -2.28. The predicted octanol–water partition coefficient (Wildman–Crippen LogP) is 1.58. The van der Waals surface area contributed by atoms with Crippen LogP contribution in [0.25, 0.3) is 0 Å². The molecular weight excluding hydrogens is 220 g/mol. The molecule has 1 aliphatic rings. The molecule has 1 fully saturated rings. The molecule has 2 amide bonds. The van der Waals surface area contributed by atoms with Gasteiger partial charge in [0.25, 0.3) is 0 Å². The molecule has 2 atom stereocenters. The summed E-state index contributed by atoms with van der Waals surface area (Å²) in [5.74, 6) is 0.262. The summed E-state index contributed by atoms with van der Waals surface area (Å²) in [6.07, 6.45) is 1.91. The third kappa shape index (κ3) is 3.35. The SMILES string of the molecule is CCC(CC)(NC(=O)NCC1CC1C)C(=O)O. The molecule has 1 saturated carbocycles. The van der Waals surface area contributed by atoms with Gasteiger partial charge in [0, 0.05) is 6.54 Å². The first-order valence-corrected chi connectivity index (χ1v) is 6.24. The van der Waals surface area contributed by atoms with Crippen LogP contribution in [0.4, 0.5) is 4.79 Å². The first-order valence-electron chi connectivity index (χ1n) is 6.24. The lowest BCUT2D eigenvalue weighted by atomic mass is 9.93. The van der Waals surface area contributed by atoms with Crippen LogP contribution < -0.4 is 10.6 Å². The van der Waals surface area contributed by atoms with E-state index in [2.05, 4.69) is 17.6 Å². The van der Waals surface area contributed by atoms with E-state index in [4.69, 9.17) is 5.11 Å². The zero-order valence-corrected chi connectivity index (χ0v) is 10.7. The molecule has 3 N–H and O–H groups in total. The molecule has 5 heteroatoms. The van der Waals surface area contributed by atoms with E-state index in [-0.39, 0.29) is 6.03 Å². The first kappa shape index (κ1) is 13.8. The number of carboxylic acid groups (broad SMARTS) is 1. The lowest BCUT2D eigenvalue weighted by molar-refractivity contribution is -0.144. The molecule has 0 bridgehead atoms. The van der Waals surface area contributed by atoms with Crippen molar-refractivity contribution in [2.75, 3.05) is 6.54 Å². The van der Waals surface area contributed by atoms with Crippen LogP contribution in [-0.4, -0.2) is 29.2 Å². The van der Waals surface area contributed by atoms with Gasteiger partial charge in [0.2, 0.25) is 0 Å². The van der Waals surface area contributed by atoms with Crippen molar-refractivity contribution < 1.29 is 14.7 Å². The fourth-order valence-corrected chi connectivity index (χ4v) is 1.95. The number of carboxylic acids is 1. The summed E-state index contributed by atoms with van der Waals surface area (Å²) < 4.78 is 0. The van der Waals surface area contributed by atoms with Crippen LogP contribution in [0.1, 0.15) is 40.0 Å². The average Bonchev–Trinajstić information content (AvgIpc) is 2.99. The normalized spacial score (nSPS) is 23.0. The standard InChI is InChI=1S/C12H22N2O3/c1-4-12(5-2,10(15)16)14-11(17)13-7-9-6-8(9)3/h8-9H,4-7H2,1-3H3,(H,15,16)(H2,13,14,17). The second kappa shape index (κ2) is 5.38. The maximum atomic E-state index is 11.6. The molecule has 0 radical (unpaired) electrons. The van der Waals surface area contributed by atoms with Gasteiger partial charge in [0.15, 0.2) is 0 Å². The smallest absolute Gasteiger partial charge is 0.329 e. The fourth-order valence-electron chi connectivity index (χ4n) is 1.95. The summed E-state index contributed by atoms with van der Waals surface area (Å²) in [6, 6.07) is -0.379. The summed E-state index contributed by atoms with van der Waals surface area (Å²) >= 11 is 0. The van der Waals surface area contributed by atoms with Gasteiger partial charge in [-0.3, -0.25) is 0 Å². The largest absolute Gasteiger partial charge is 0.480 e. The Morgan fingerprint density at radius 2 is 1.88 bits per heavy atom. The Kier molecular flexibility index (Phi) is 4.37. The Morgan fingerprint density at radius 1 is 1.35 bits per heavy atom. The Labute approximate surface area is 102 Å². The number of hydrogen-bond acceptors (Lipinski definition) is 2. The number of amides is 2. The van der Waals surface area contributed by atoms with E-state index in [1.54, 1.807) is 13.8 Å². The van der Waals surface area contributed by atoms with Crippen LogP contribution in [-0.2, 0) is 4.79 Å². The van der Waals surface area contributed by atoms with Crippen molar-refractivity contribution in [2.45, 2.75) is 45.6 Å². The molecule has 1 rings (SSSR count). The van der Waals surface area contributed by atoms with E-state index in [1.807, 2.05) is 0 Å². The molecular formula is C12H22N2O3. The minimum Gasteiger partial charge on any atom is -0.480 e. The summed E-state index contributed by atoms with van der Waals surface area (Å²) in [6.45, 7) is 6.31. The minimum absolute atomic E-state index is 0.379. The van der Waals surface area contributed by atoms with Crippen LogP contribution in [0.5, 0.6) is 0 Å². The summed E-state index contributed by atoms with van der Waals surface area (Å²) in [5.41, 5.74) is -1.14. The molecule has 98 valence electrons. The van der Waals surface area contributed by atoms with E-state index in [0.29, 0.717) is 31.2 Å². The number of carbonyl (C=O) groups is 2. The molecule has 0 spiro atoms. The number of aliphatic carboxylic acids is 1. The van der Waals surface area contributed by atoms with Crippen LogP contribution in [0.3, 0.4) is 0 Å². The monoisotopic (exact) mass is 242 g/mol. The summed E-state index contributed by atoms with van der Waals surface area (Å²) in [7, 11) is 0. The number of hydrogen-bond donors (Lipinski definition) is 3. The topological polar surface area (TPSA) is 78.4 Å². The summed E-state index contributed by atoms with van der Waals surface area (Å²) in [5, 5.41) is 14.5. The number of urea groups is 1. The average molecular weight is 242 g/mol. The minimum atomic E-state index is -1.14. The fraction of sp³-hybridized carbons (Fsp3) is 0.833. The van der Waals surface area contributed by atoms with Gasteiger partial charge in [-0.25, -0.2) is 9.59 Å². The molecule has 5 nitrogen and oxygen atoms in total. The third-order valence-electron chi connectivity index (χ3n) is 3.77. The van der Waals surface area contributed by atoms with Crippen molar-refractivity contribution >= 4 is 12.0 Å². The van der Waals surface area contributed by atoms with Crippen molar-refractivity contribution in [1.82, 2.24) is 10.6 Å². The van der Waals surface area contributed by atoms with E-state index in [1.165, 1.54) is 0 Å². The quantitative estimate of drug-likeness (QED) is 0.661. The second-order valence-corrected chi connectivity index (χ2v) is 4.90. The van der Waals surface area contributed by atoms with Crippen LogP contribution in [0, 0.1) is 11.8 Å². The summed E-state index contributed by atoms with van der Waals surface area (Å²) in [4.78, 5) is 22.8. The zero-order chi connectivity index (χ0) is 13.1. The first-order chi connectivity index (χ1) is 7.95. The maximum absolute atomic E-state index is 11.6. The molecule has 0 saturated heterocycles. The van der Waals surface area contributed by atoms with E-state index in [9.17, 15) is 9.59 Å². The molecule has 0 aliphatic heterocycles. The molecule has 1 aliphatic carbocycles. The highest BCUT2D eigenvalue weighted by atomic mass is 16.4. The third-order valence-corrected chi connectivity index (χ3v) is 3.77. The van der Waals surface area contributed by atoms with Crippen molar-refractivity contribution in [3.8, 4) is 0 Å². The van der Waals surface area contributed by atoms with Crippen molar-refractivity contribution in [1.29, 1.82) is 0 Å². The van der Waals surface area contributed by atoms with Crippen molar-refractivity contribution in [3.05, 3.63) is 0 Å². The Morgan fingerprint density at radius 3 is 2.24 bits per heavy atom. The van der Waals surface area contributed by atoms with E-state index >= 15 is 0 Å². The predicted molar refractivity (Wildman–Crippen MR) is 64.8 cm³/mol. The maximum Gasteiger partial charge on any atom is 0.329 e. The number of rotatable bonds is 6. The molecule has 0 aromatic rings.